The molecule has 1 amide bonds. The number of hydrogen-bond donors (Lipinski definition) is 2. The van der Waals surface area contributed by atoms with Gasteiger partial charge in [-0.2, -0.15) is 13.2 Å². The lowest BCUT2D eigenvalue weighted by Gasteiger charge is -2.19. The van der Waals surface area contributed by atoms with Crippen molar-refractivity contribution in [1.82, 2.24) is 5.32 Å². The molecule has 0 saturated carbocycles. The molecule has 7 heteroatoms. The molecule has 0 aromatic heterocycles. The van der Waals surface area contributed by atoms with E-state index in [1.165, 1.54) is 6.92 Å². The van der Waals surface area contributed by atoms with E-state index in [1.54, 1.807) is 0 Å². The van der Waals surface area contributed by atoms with Gasteiger partial charge in [0.15, 0.2) is 6.10 Å². The number of carbonyl (C=O) groups excluding carboxylic acids is 1. The molecule has 2 unspecified atom stereocenters. The SMILES string of the molecule is CCC(C)NC(=O)C(C)Oc1ccc(C(F)(F)F)cc1N. The Labute approximate surface area is 121 Å². The van der Waals surface area contributed by atoms with E-state index < -0.39 is 17.8 Å². The smallest absolute Gasteiger partial charge is 0.416 e. The van der Waals surface area contributed by atoms with Crippen molar-refractivity contribution >= 4 is 11.6 Å². The summed E-state index contributed by atoms with van der Waals surface area (Å²) in [4.78, 5) is 11.8. The molecule has 0 fully saturated rings. The number of benzene rings is 1. The third kappa shape index (κ3) is 4.84. The van der Waals surface area contributed by atoms with Crippen molar-refractivity contribution in [3.63, 3.8) is 0 Å². The fourth-order valence-corrected chi connectivity index (χ4v) is 1.54. The number of anilines is 1. The maximum atomic E-state index is 12.5. The van der Waals surface area contributed by atoms with Crippen molar-refractivity contribution in [2.24, 2.45) is 0 Å². The minimum absolute atomic E-state index is 0.00602. The third-order valence-electron chi connectivity index (χ3n) is 3.01. The van der Waals surface area contributed by atoms with Gasteiger partial charge in [0, 0.05) is 6.04 Å². The Balaban J connectivity index is 2.77. The van der Waals surface area contributed by atoms with E-state index in [1.807, 2.05) is 13.8 Å². The zero-order chi connectivity index (χ0) is 16.2. The lowest BCUT2D eigenvalue weighted by molar-refractivity contribution is -0.137. The van der Waals surface area contributed by atoms with Crippen LogP contribution in [0.25, 0.3) is 0 Å². The van der Waals surface area contributed by atoms with Gasteiger partial charge in [0.1, 0.15) is 5.75 Å². The molecular weight excluding hydrogens is 285 g/mol. The zero-order valence-electron chi connectivity index (χ0n) is 12.1. The summed E-state index contributed by atoms with van der Waals surface area (Å²) in [7, 11) is 0. The van der Waals surface area contributed by atoms with Crippen LogP contribution in [0.15, 0.2) is 18.2 Å². The van der Waals surface area contributed by atoms with Crippen LogP contribution in [-0.4, -0.2) is 18.1 Å². The molecule has 2 atom stereocenters. The number of alkyl halides is 3. The van der Waals surface area contributed by atoms with Crippen LogP contribution in [0, 0.1) is 0 Å². The van der Waals surface area contributed by atoms with E-state index in [2.05, 4.69) is 5.32 Å². The number of nitrogens with two attached hydrogens (primary N) is 1. The Bertz CT molecular complexity index is 503. The second-order valence-electron chi connectivity index (χ2n) is 4.83. The summed E-state index contributed by atoms with van der Waals surface area (Å²) in [5, 5.41) is 2.72. The number of ether oxygens (including phenoxy) is 1. The summed E-state index contributed by atoms with van der Waals surface area (Å²) < 4.78 is 42.9. The second-order valence-corrected chi connectivity index (χ2v) is 4.83. The van der Waals surface area contributed by atoms with Crippen LogP contribution < -0.4 is 15.8 Å². The molecule has 0 heterocycles. The van der Waals surface area contributed by atoms with Gasteiger partial charge >= 0.3 is 6.18 Å². The summed E-state index contributed by atoms with van der Waals surface area (Å²) in [5.41, 5.74) is 4.52. The quantitative estimate of drug-likeness (QED) is 0.822. The average molecular weight is 304 g/mol. The minimum atomic E-state index is -4.47. The number of halogens is 3. The van der Waals surface area contributed by atoms with Gasteiger partial charge in [0.25, 0.3) is 5.91 Å². The molecule has 1 rings (SSSR count). The molecule has 4 nitrogen and oxygen atoms in total. The molecule has 0 bridgehead atoms. The summed E-state index contributed by atoms with van der Waals surface area (Å²) in [6, 6.07) is 2.76. The van der Waals surface area contributed by atoms with Crippen LogP contribution in [0.3, 0.4) is 0 Å². The van der Waals surface area contributed by atoms with Crippen molar-refractivity contribution in [1.29, 1.82) is 0 Å². The van der Waals surface area contributed by atoms with Crippen LogP contribution in [0.2, 0.25) is 0 Å². The highest BCUT2D eigenvalue weighted by molar-refractivity contribution is 5.81. The second kappa shape index (κ2) is 6.69. The summed E-state index contributed by atoms with van der Waals surface area (Å²) in [6.45, 7) is 5.27. The van der Waals surface area contributed by atoms with E-state index >= 15 is 0 Å². The molecule has 21 heavy (non-hydrogen) atoms. The van der Waals surface area contributed by atoms with Gasteiger partial charge in [-0.15, -0.1) is 0 Å². The molecule has 0 aliphatic carbocycles. The molecule has 1 aromatic rings. The summed E-state index contributed by atoms with van der Waals surface area (Å²) in [5.74, 6) is -0.293. The van der Waals surface area contributed by atoms with E-state index in [4.69, 9.17) is 10.5 Å². The fourth-order valence-electron chi connectivity index (χ4n) is 1.54. The van der Waals surface area contributed by atoms with E-state index in [9.17, 15) is 18.0 Å². The first-order valence-electron chi connectivity index (χ1n) is 6.59. The molecule has 0 radical (unpaired) electrons. The highest BCUT2D eigenvalue weighted by atomic mass is 19.4. The average Bonchev–Trinajstić information content (AvgIpc) is 2.39. The molecule has 0 aliphatic rings. The van der Waals surface area contributed by atoms with Gasteiger partial charge in [-0.1, -0.05) is 6.92 Å². The van der Waals surface area contributed by atoms with Crippen molar-refractivity contribution in [2.45, 2.75) is 45.5 Å². The Morgan fingerprint density at radius 3 is 2.48 bits per heavy atom. The lowest BCUT2D eigenvalue weighted by Crippen LogP contribution is -2.41. The Hall–Kier alpha value is -1.92. The van der Waals surface area contributed by atoms with Gasteiger partial charge < -0.3 is 15.8 Å². The lowest BCUT2D eigenvalue weighted by atomic mass is 10.2. The van der Waals surface area contributed by atoms with Gasteiger partial charge in [-0.3, -0.25) is 4.79 Å². The summed E-state index contributed by atoms with van der Waals surface area (Å²) >= 11 is 0. The van der Waals surface area contributed by atoms with Gasteiger partial charge in [-0.25, -0.2) is 0 Å². The van der Waals surface area contributed by atoms with Crippen molar-refractivity contribution in [3.8, 4) is 5.75 Å². The molecule has 0 aliphatic heterocycles. The van der Waals surface area contributed by atoms with Crippen molar-refractivity contribution in [3.05, 3.63) is 23.8 Å². The van der Waals surface area contributed by atoms with Crippen molar-refractivity contribution in [2.75, 3.05) is 5.73 Å². The van der Waals surface area contributed by atoms with E-state index in [0.29, 0.717) is 0 Å². The van der Waals surface area contributed by atoms with E-state index in [0.717, 1.165) is 24.6 Å². The van der Waals surface area contributed by atoms with Crippen LogP contribution in [0.1, 0.15) is 32.8 Å². The van der Waals surface area contributed by atoms with Crippen LogP contribution in [0.4, 0.5) is 18.9 Å². The number of nitrogens with one attached hydrogen (secondary N) is 1. The minimum Gasteiger partial charge on any atom is -0.479 e. The number of carbonyl (C=O) groups is 1. The van der Waals surface area contributed by atoms with Gasteiger partial charge in [0.2, 0.25) is 0 Å². The molecule has 1 aromatic carbocycles. The Kier molecular flexibility index (Phi) is 5.46. The molecule has 0 spiro atoms. The monoisotopic (exact) mass is 304 g/mol. The molecule has 0 saturated heterocycles. The number of nitrogen functional groups attached to an aromatic ring is 1. The first-order valence-corrected chi connectivity index (χ1v) is 6.59. The highest BCUT2D eigenvalue weighted by Crippen LogP contribution is 2.33. The fraction of sp³-hybridized carbons (Fsp3) is 0.500. The Morgan fingerprint density at radius 2 is 2.00 bits per heavy atom. The Morgan fingerprint density at radius 1 is 1.38 bits per heavy atom. The number of hydrogen-bond acceptors (Lipinski definition) is 3. The maximum absolute atomic E-state index is 12.5. The maximum Gasteiger partial charge on any atom is 0.416 e. The topological polar surface area (TPSA) is 64.3 Å². The standard InChI is InChI=1S/C14H19F3N2O2/c1-4-8(2)19-13(20)9(3)21-12-6-5-10(7-11(12)18)14(15,16)17/h5-9H,4,18H2,1-3H3,(H,19,20). The van der Waals surface area contributed by atoms with E-state index in [-0.39, 0.29) is 23.4 Å². The molecule has 118 valence electrons. The largest absolute Gasteiger partial charge is 0.479 e. The van der Waals surface area contributed by atoms with Crippen LogP contribution in [0.5, 0.6) is 5.75 Å². The highest BCUT2D eigenvalue weighted by Gasteiger charge is 2.31. The van der Waals surface area contributed by atoms with Crippen LogP contribution in [-0.2, 0) is 11.0 Å². The molecular formula is C14H19F3N2O2. The molecule has 3 N–H and O–H groups in total. The van der Waals surface area contributed by atoms with Crippen molar-refractivity contribution < 1.29 is 22.7 Å². The number of rotatable bonds is 5. The zero-order valence-corrected chi connectivity index (χ0v) is 12.1. The third-order valence-corrected chi connectivity index (χ3v) is 3.01. The predicted octanol–water partition coefficient (Wildman–Crippen LogP) is 2.97. The first-order chi connectivity index (χ1) is 9.65. The summed E-state index contributed by atoms with van der Waals surface area (Å²) in [6.07, 6.45) is -4.55. The first kappa shape index (κ1) is 17.1. The normalized spacial score (nSPS) is 14.4. The van der Waals surface area contributed by atoms with Crippen LogP contribution >= 0.6 is 0 Å². The van der Waals surface area contributed by atoms with Gasteiger partial charge in [0.05, 0.1) is 11.3 Å². The van der Waals surface area contributed by atoms with Gasteiger partial charge in [-0.05, 0) is 38.5 Å². The number of amides is 1. The predicted molar refractivity (Wildman–Crippen MR) is 73.8 cm³/mol.